The molecule has 8 heteroatoms. The molecule has 1 amide bonds. The maximum atomic E-state index is 13.2. The summed E-state index contributed by atoms with van der Waals surface area (Å²) >= 11 is 3.15. The van der Waals surface area contributed by atoms with Crippen molar-refractivity contribution in [3.63, 3.8) is 0 Å². The van der Waals surface area contributed by atoms with Gasteiger partial charge >= 0.3 is 5.97 Å². The second-order valence-electron chi connectivity index (χ2n) is 4.34. The van der Waals surface area contributed by atoms with E-state index in [4.69, 9.17) is 0 Å². The van der Waals surface area contributed by atoms with Crippen LogP contribution in [0.4, 0.5) is 10.2 Å². The van der Waals surface area contributed by atoms with E-state index in [2.05, 4.69) is 31.2 Å². The summed E-state index contributed by atoms with van der Waals surface area (Å²) in [5, 5.41) is 2.58. The smallest absolute Gasteiger partial charge is 0.339 e. The minimum atomic E-state index is -1.03. The number of hydrogen-bond donors (Lipinski definition) is 1. The highest BCUT2D eigenvalue weighted by Gasteiger charge is 2.35. The quantitative estimate of drug-likeness (QED) is 0.664. The Bertz CT molecular complexity index is 511. The maximum absolute atomic E-state index is 13.2. The van der Waals surface area contributed by atoms with Crippen LogP contribution in [0.15, 0.2) is 18.3 Å². The van der Waals surface area contributed by atoms with Gasteiger partial charge in [-0.3, -0.25) is 4.79 Å². The Hall–Kier alpha value is -1.54. The first-order chi connectivity index (χ1) is 9.51. The van der Waals surface area contributed by atoms with Crippen LogP contribution in [0.5, 0.6) is 0 Å². The van der Waals surface area contributed by atoms with Crippen LogP contribution in [0, 0.1) is 0 Å². The zero-order valence-electron chi connectivity index (χ0n) is 10.7. The average Bonchev–Trinajstić information content (AvgIpc) is 2.78. The van der Waals surface area contributed by atoms with Crippen LogP contribution < -0.4 is 5.32 Å². The van der Waals surface area contributed by atoms with E-state index in [-0.39, 0.29) is 24.4 Å². The van der Waals surface area contributed by atoms with Crippen LogP contribution in [0.25, 0.3) is 0 Å². The molecule has 20 heavy (non-hydrogen) atoms. The van der Waals surface area contributed by atoms with Gasteiger partial charge in [-0.15, -0.1) is 0 Å². The molecule has 0 spiro atoms. The van der Waals surface area contributed by atoms with Crippen LogP contribution in [-0.2, 0) is 9.53 Å². The molecule has 1 saturated heterocycles. The lowest BCUT2D eigenvalue weighted by Gasteiger charge is -2.15. The van der Waals surface area contributed by atoms with E-state index >= 15 is 0 Å². The van der Waals surface area contributed by atoms with Gasteiger partial charge in [-0.05, 0) is 12.1 Å². The summed E-state index contributed by atoms with van der Waals surface area (Å²) in [4.78, 5) is 27.1. The summed E-state index contributed by atoms with van der Waals surface area (Å²) in [5.41, 5.74) is 0.289. The molecule has 0 radical (unpaired) electrons. The molecule has 0 aliphatic carbocycles. The van der Waals surface area contributed by atoms with Crippen molar-refractivity contribution in [1.29, 1.82) is 0 Å². The average molecular weight is 346 g/mol. The molecule has 1 N–H and O–H groups in total. The predicted molar refractivity (Wildman–Crippen MR) is 73.1 cm³/mol. The van der Waals surface area contributed by atoms with Crippen molar-refractivity contribution in [3.8, 4) is 0 Å². The molecular formula is C12H13BrFN3O3. The summed E-state index contributed by atoms with van der Waals surface area (Å²) in [7, 11) is 1.27. The van der Waals surface area contributed by atoms with Crippen LogP contribution in [-0.4, -0.2) is 46.7 Å². The number of ether oxygens (including phenoxy) is 1. The lowest BCUT2D eigenvalue weighted by atomic mass is 10.2. The number of nitrogens with one attached hydrogen (secondary N) is 1. The lowest BCUT2D eigenvalue weighted by molar-refractivity contribution is -0.119. The Morgan fingerprint density at radius 3 is 2.80 bits per heavy atom. The van der Waals surface area contributed by atoms with E-state index in [9.17, 15) is 14.0 Å². The van der Waals surface area contributed by atoms with Crippen molar-refractivity contribution in [2.75, 3.05) is 19.0 Å². The molecule has 0 unspecified atom stereocenters. The van der Waals surface area contributed by atoms with Gasteiger partial charge in [-0.2, -0.15) is 0 Å². The molecule has 0 saturated carbocycles. The van der Waals surface area contributed by atoms with Crippen molar-refractivity contribution in [3.05, 3.63) is 23.9 Å². The highest BCUT2D eigenvalue weighted by Crippen LogP contribution is 2.24. The molecule has 1 aromatic rings. The zero-order valence-corrected chi connectivity index (χ0v) is 12.3. The number of rotatable bonds is 3. The second-order valence-corrected chi connectivity index (χ2v) is 5.26. The van der Waals surface area contributed by atoms with Crippen LogP contribution >= 0.6 is 16.1 Å². The third kappa shape index (κ3) is 3.31. The minimum absolute atomic E-state index is 0.136. The summed E-state index contributed by atoms with van der Waals surface area (Å²) in [5.74, 6) is -0.552. The van der Waals surface area contributed by atoms with E-state index < -0.39 is 18.2 Å². The molecule has 2 atom stereocenters. The van der Waals surface area contributed by atoms with E-state index in [1.165, 1.54) is 29.4 Å². The fourth-order valence-corrected chi connectivity index (χ4v) is 2.57. The Morgan fingerprint density at radius 2 is 2.30 bits per heavy atom. The van der Waals surface area contributed by atoms with Crippen molar-refractivity contribution in [2.45, 2.75) is 18.6 Å². The van der Waals surface area contributed by atoms with E-state index in [0.717, 1.165) is 0 Å². The van der Waals surface area contributed by atoms with Gasteiger partial charge in [0, 0.05) is 35.3 Å². The number of carbonyl (C=O) groups excluding carboxylic acids is 2. The molecule has 108 valence electrons. The Kier molecular flexibility index (Phi) is 4.66. The summed E-state index contributed by atoms with van der Waals surface area (Å²) in [6, 6.07) is 2.41. The van der Waals surface area contributed by atoms with Crippen molar-refractivity contribution in [1.82, 2.24) is 8.91 Å². The number of nitrogens with zero attached hydrogens (tertiary/aromatic N) is 2. The first kappa shape index (κ1) is 14.9. The number of anilines is 1. The number of halogens is 2. The molecule has 0 aromatic carbocycles. The van der Waals surface area contributed by atoms with E-state index in [0.29, 0.717) is 5.82 Å². The number of esters is 1. The monoisotopic (exact) mass is 345 g/mol. The number of hydrogen-bond acceptors (Lipinski definition) is 5. The number of methoxy groups -OCH3 is 1. The van der Waals surface area contributed by atoms with Crippen LogP contribution in [0.2, 0.25) is 0 Å². The first-order valence-electron chi connectivity index (χ1n) is 5.93. The summed E-state index contributed by atoms with van der Waals surface area (Å²) < 4.78 is 19.2. The van der Waals surface area contributed by atoms with Gasteiger partial charge in [0.15, 0.2) is 0 Å². The zero-order chi connectivity index (χ0) is 14.7. The fraction of sp³-hybridized carbons (Fsp3) is 0.417. The minimum Gasteiger partial charge on any atom is -0.465 e. The van der Waals surface area contributed by atoms with Gasteiger partial charge in [-0.25, -0.2) is 18.1 Å². The number of pyridine rings is 1. The van der Waals surface area contributed by atoms with Crippen molar-refractivity contribution >= 4 is 33.8 Å². The van der Waals surface area contributed by atoms with Gasteiger partial charge in [0.05, 0.1) is 12.7 Å². The van der Waals surface area contributed by atoms with Crippen LogP contribution in [0.1, 0.15) is 16.8 Å². The number of amides is 1. The third-order valence-electron chi connectivity index (χ3n) is 2.93. The number of carbonyl (C=O) groups is 2. The summed E-state index contributed by atoms with van der Waals surface area (Å²) in [6.07, 6.45) is 0.414. The van der Waals surface area contributed by atoms with Crippen LogP contribution in [0.3, 0.4) is 0 Å². The summed E-state index contributed by atoms with van der Waals surface area (Å²) in [6.45, 7) is 0.173. The van der Waals surface area contributed by atoms with Gasteiger partial charge < -0.3 is 10.1 Å². The van der Waals surface area contributed by atoms with Gasteiger partial charge in [-0.1, -0.05) is 0 Å². The molecule has 0 bridgehead atoms. The lowest BCUT2D eigenvalue weighted by Crippen LogP contribution is -2.34. The maximum Gasteiger partial charge on any atom is 0.339 e. The molecule has 6 nitrogen and oxygen atoms in total. The molecule has 2 heterocycles. The molecule has 1 aliphatic heterocycles. The predicted octanol–water partition coefficient (Wildman–Crippen LogP) is 1.53. The SMILES string of the molecule is COC(=O)c1ccc(NC(=O)[C@@H]2C[C@@H](F)CN2Br)nc1. The van der Waals surface area contributed by atoms with Gasteiger partial charge in [0.2, 0.25) is 5.91 Å². The van der Waals surface area contributed by atoms with Gasteiger partial charge in [0.1, 0.15) is 18.0 Å². The third-order valence-corrected chi connectivity index (χ3v) is 3.71. The van der Waals surface area contributed by atoms with Crippen molar-refractivity contribution in [2.24, 2.45) is 0 Å². The standard InChI is InChI=1S/C12H13BrFN3O3/c1-20-12(19)7-2-3-10(15-5-7)16-11(18)9-4-8(14)6-17(9)13/h2-3,5,8-9H,4,6H2,1H3,(H,15,16,18)/t8-,9+/m1/s1. The van der Waals surface area contributed by atoms with E-state index in [1.807, 2.05) is 0 Å². The largest absolute Gasteiger partial charge is 0.465 e. The highest BCUT2D eigenvalue weighted by atomic mass is 79.9. The number of alkyl halides is 1. The highest BCUT2D eigenvalue weighted by molar-refractivity contribution is 9.07. The Morgan fingerprint density at radius 1 is 1.55 bits per heavy atom. The molecular weight excluding hydrogens is 333 g/mol. The van der Waals surface area contributed by atoms with Gasteiger partial charge in [0.25, 0.3) is 0 Å². The normalized spacial score (nSPS) is 22.6. The Labute approximate surface area is 123 Å². The van der Waals surface area contributed by atoms with Crippen molar-refractivity contribution < 1.29 is 18.7 Å². The van der Waals surface area contributed by atoms with E-state index in [1.54, 1.807) is 0 Å². The molecule has 2 rings (SSSR count). The molecule has 1 aliphatic rings. The first-order valence-corrected chi connectivity index (χ1v) is 6.64. The molecule has 1 fully saturated rings. The Balaban J connectivity index is 1.99. The second kappa shape index (κ2) is 6.27. The topological polar surface area (TPSA) is 71.5 Å². The molecule has 1 aromatic heterocycles. The fourth-order valence-electron chi connectivity index (χ4n) is 1.90. The number of aromatic nitrogens is 1.